The molecule has 6 N–H and O–H groups in total. The second kappa shape index (κ2) is 32.7. The molecule has 1 saturated heterocycles. The number of phosphoric acid groups is 1. The zero-order valence-corrected chi connectivity index (χ0v) is 37.3. The molecule has 1 aliphatic carbocycles. The number of ether oxygens (including phenoxy) is 3. The van der Waals surface area contributed by atoms with Crippen molar-refractivity contribution in [1.29, 1.82) is 0 Å². The molecule has 2 rings (SSSR count). The third kappa shape index (κ3) is 24.6. The van der Waals surface area contributed by atoms with Gasteiger partial charge in [0.2, 0.25) is 0 Å². The summed E-state index contributed by atoms with van der Waals surface area (Å²) in [5.74, 6) is -1.14. The fourth-order valence-corrected chi connectivity index (χ4v) is 8.00. The molecule has 0 spiro atoms. The smallest absolute Gasteiger partial charge is 0.462 e. The number of esters is 2. The number of aliphatic hydroxyl groups excluding tert-OH is 5. The first-order valence-corrected chi connectivity index (χ1v) is 24.4. The van der Waals surface area contributed by atoms with Gasteiger partial charge in [0.15, 0.2) is 6.10 Å². The Balaban J connectivity index is 1.72. The maximum atomic E-state index is 12.8. The molecule has 0 radical (unpaired) electrons. The monoisotopic (exact) mass is 875 g/mol. The van der Waals surface area contributed by atoms with Crippen LogP contribution in [-0.4, -0.2) is 111 Å². The van der Waals surface area contributed by atoms with E-state index < -0.39 is 75.7 Å². The van der Waals surface area contributed by atoms with E-state index >= 15 is 0 Å². The van der Waals surface area contributed by atoms with Crippen molar-refractivity contribution < 1.29 is 67.8 Å². The second-order valence-corrected chi connectivity index (χ2v) is 17.7. The number of hydrogen-bond acceptors (Lipinski definition) is 13. The Kier molecular flexibility index (Phi) is 29.5. The topological polar surface area (TPSA) is 222 Å². The summed E-state index contributed by atoms with van der Waals surface area (Å²) in [5.41, 5.74) is 0. The van der Waals surface area contributed by atoms with Gasteiger partial charge in [-0.15, -0.1) is 0 Å². The Labute approximate surface area is 359 Å². The predicted octanol–water partition coefficient (Wildman–Crippen LogP) is 7.60. The summed E-state index contributed by atoms with van der Waals surface area (Å²) in [6.45, 7) is 3.21. The summed E-state index contributed by atoms with van der Waals surface area (Å²) in [7, 11) is -5.13. The highest BCUT2D eigenvalue weighted by Crippen LogP contribution is 2.47. The molecule has 10 atom stereocenters. The van der Waals surface area contributed by atoms with Gasteiger partial charge < -0.3 is 44.6 Å². The van der Waals surface area contributed by atoms with E-state index in [9.17, 15) is 44.6 Å². The van der Waals surface area contributed by atoms with Crippen molar-refractivity contribution in [1.82, 2.24) is 0 Å². The van der Waals surface area contributed by atoms with E-state index in [1.54, 1.807) is 0 Å². The van der Waals surface area contributed by atoms with Crippen molar-refractivity contribution in [2.75, 3.05) is 13.2 Å². The van der Waals surface area contributed by atoms with E-state index in [2.05, 4.69) is 50.3 Å². The molecule has 0 amide bonds. The zero-order valence-electron chi connectivity index (χ0n) is 36.4. The van der Waals surface area contributed by atoms with E-state index in [0.29, 0.717) is 25.0 Å². The van der Waals surface area contributed by atoms with Crippen molar-refractivity contribution >= 4 is 19.8 Å². The highest BCUT2D eigenvalue weighted by atomic mass is 31.2. The average molecular weight is 875 g/mol. The number of unbranched alkanes of at least 4 members (excludes halogenated alkanes) is 15. The van der Waals surface area contributed by atoms with Gasteiger partial charge in [-0.25, -0.2) is 4.57 Å². The number of epoxide rings is 1. The number of carbonyl (C=O) groups is 2. The predicted molar refractivity (Wildman–Crippen MR) is 230 cm³/mol. The number of phosphoric ester groups is 1. The van der Waals surface area contributed by atoms with Crippen molar-refractivity contribution in [3.05, 3.63) is 36.5 Å². The molecule has 0 aromatic heterocycles. The van der Waals surface area contributed by atoms with Crippen LogP contribution in [0, 0.1) is 0 Å². The van der Waals surface area contributed by atoms with Crippen molar-refractivity contribution in [2.45, 2.75) is 223 Å². The number of carbonyl (C=O) groups excluding carboxylic acids is 2. The Bertz CT molecular complexity index is 1260. The van der Waals surface area contributed by atoms with Gasteiger partial charge in [0, 0.05) is 12.8 Å². The van der Waals surface area contributed by atoms with Crippen molar-refractivity contribution in [3.8, 4) is 0 Å². The van der Waals surface area contributed by atoms with Crippen LogP contribution in [0.15, 0.2) is 36.5 Å². The van der Waals surface area contributed by atoms with E-state index in [4.69, 9.17) is 23.3 Å². The second-order valence-electron chi connectivity index (χ2n) is 16.3. The first kappa shape index (κ1) is 54.2. The number of allylic oxidation sites excluding steroid dienone is 5. The van der Waals surface area contributed by atoms with Gasteiger partial charge in [0.05, 0.1) is 18.8 Å². The maximum Gasteiger partial charge on any atom is 0.472 e. The lowest BCUT2D eigenvalue weighted by Gasteiger charge is -2.41. The lowest BCUT2D eigenvalue weighted by molar-refractivity contribution is -0.220. The molecule has 15 heteroatoms. The quantitative estimate of drug-likeness (QED) is 0.0117. The van der Waals surface area contributed by atoms with Gasteiger partial charge in [-0.3, -0.25) is 18.6 Å². The van der Waals surface area contributed by atoms with Gasteiger partial charge in [0.25, 0.3) is 0 Å². The molecule has 0 aromatic rings. The molecule has 2 aliphatic rings. The van der Waals surface area contributed by atoms with Crippen LogP contribution in [0.25, 0.3) is 0 Å². The molecule has 1 heterocycles. The van der Waals surface area contributed by atoms with Crippen LogP contribution < -0.4 is 0 Å². The van der Waals surface area contributed by atoms with Gasteiger partial charge in [-0.2, -0.15) is 0 Å². The summed E-state index contributed by atoms with van der Waals surface area (Å²) in [4.78, 5) is 35.7. The minimum Gasteiger partial charge on any atom is -0.462 e. The fraction of sp³-hybridized carbons (Fsp3) is 0.822. The van der Waals surface area contributed by atoms with Crippen LogP contribution in [-0.2, 0) is 37.4 Å². The van der Waals surface area contributed by atoms with Gasteiger partial charge in [-0.05, 0) is 70.6 Å². The molecule has 348 valence electrons. The Hall–Kier alpha value is -1.97. The Morgan fingerprint density at radius 1 is 0.600 bits per heavy atom. The molecule has 1 saturated carbocycles. The highest BCUT2D eigenvalue weighted by molar-refractivity contribution is 7.47. The average Bonchev–Trinajstić information content (AvgIpc) is 3.98. The number of rotatable bonds is 36. The van der Waals surface area contributed by atoms with Gasteiger partial charge in [-0.1, -0.05) is 121 Å². The van der Waals surface area contributed by atoms with E-state index in [-0.39, 0.29) is 12.8 Å². The van der Waals surface area contributed by atoms with E-state index in [0.717, 1.165) is 89.9 Å². The Morgan fingerprint density at radius 2 is 1.10 bits per heavy atom. The minimum absolute atomic E-state index is 0.0724. The van der Waals surface area contributed by atoms with Crippen LogP contribution in [0.2, 0.25) is 0 Å². The van der Waals surface area contributed by atoms with Gasteiger partial charge in [0.1, 0.15) is 43.2 Å². The third-order valence-corrected chi connectivity index (χ3v) is 11.9. The molecule has 1 aliphatic heterocycles. The maximum absolute atomic E-state index is 12.8. The summed E-state index contributed by atoms with van der Waals surface area (Å²) in [6, 6.07) is 0. The zero-order chi connectivity index (χ0) is 44.0. The third-order valence-electron chi connectivity index (χ3n) is 10.9. The number of hydrogen-bond donors (Lipinski definition) is 6. The molecular weight excluding hydrogens is 795 g/mol. The first-order valence-electron chi connectivity index (χ1n) is 22.9. The summed E-state index contributed by atoms with van der Waals surface area (Å²) in [5, 5.41) is 50.1. The van der Waals surface area contributed by atoms with Crippen LogP contribution >= 0.6 is 7.82 Å². The van der Waals surface area contributed by atoms with Crippen LogP contribution in [0.3, 0.4) is 0 Å². The largest absolute Gasteiger partial charge is 0.472 e. The SMILES string of the molecule is CCCCC/C=C\C/C=C\CCCCCCCC(=O)OC[C@H](COP(=O)(O)OC1[C@H](O)[C@H](O)C(O)[C@H](O)[C@H]1O)OC(=O)CCCCCCC/C=C\CC1OC1CCCCC. The first-order chi connectivity index (χ1) is 28.9. The van der Waals surface area contributed by atoms with Gasteiger partial charge >= 0.3 is 19.8 Å². The molecule has 2 fully saturated rings. The van der Waals surface area contributed by atoms with E-state index in [1.165, 1.54) is 38.5 Å². The summed E-state index contributed by atoms with van der Waals surface area (Å²) >= 11 is 0. The standard InChI is InChI=1S/C45H79O14P/c1-3-5-7-8-9-10-11-12-13-14-15-16-20-23-27-31-38(46)55-33-35(34-56-60(53,54)59-45-43(51)41(49)40(48)42(50)44(45)52)57-39(47)32-28-24-21-18-17-19-22-26-30-37-36(58-37)29-25-6-4-2/h9-10,12-13,22,26,35-37,40-45,48-52H,3-8,11,14-21,23-25,27-34H2,1-2H3,(H,53,54)/b10-9-,13-12-,26-22-/t35-,36?,37?,40?,41-,42+,43-,44-,45?/m1/s1. The van der Waals surface area contributed by atoms with Crippen molar-refractivity contribution in [2.24, 2.45) is 0 Å². The van der Waals surface area contributed by atoms with Crippen LogP contribution in [0.5, 0.6) is 0 Å². The molecule has 5 unspecified atom stereocenters. The molecule has 0 bridgehead atoms. The lowest BCUT2D eigenvalue weighted by Crippen LogP contribution is -2.64. The molecule has 0 aromatic carbocycles. The molecule has 14 nitrogen and oxygen atoms in total. The molecule has 60 heavy (non-hydrogen) atoms. The van der Waals surface area contributed by atoms with E-state index in [1.807, 2.05) is 0 Å². The summed E-state index contributed by atoms with van der Waals surface area (Å²) < 4.78 is 39.2. The fourth-order valence-electron chi connectivity index (χ4n) is 7.03. The minimum atomic E-state index is -5.13. The lowest BCUT2D eigenvalue weighted by atomic mass is 9.85. The van der Waals surface area contributed by atoms with Crippen LogP contribution in [0.1, 0.15) is 168 Å². The normalized spacial score (nSPS) is 25.9. The van der Waals surface area contributed by atoms with Crippen LogP contribution in [0.4, 0.5) is 0 Å². The number of aliphatic hydroxyl groups is 5. The highest BCUT2D eigenvalue weighted by Gasteiger charge is 2.51. The summed E-state index contributed by atoms with van der Waals surface area (Å²) in [6.07, 6.45) is 23.6. The Morgan fingerprint density at radius 3 is 1.70 bits per heavy atom. The molecular formula is C45H79O14P. The van der Waals surface area contributed by atoms with Crippen molar-refractivity contribution in [3.63, 3.8) is 0 Å².